The average molecular weight is 260 g/mol. The second-order valence-electron chi connectivity index (χ2n) is 5.24. The molecule has 0 aliphatic carbocycles. The Balaban J connectivity index is 1.89. The quantitative estimate of drug-likeness (QED) is 0.844. The molecule has 1 aromatic heterocycles. The van der Waals surface area contributed by atoms with Crippen molar-refractivity contribution in [3.8, 4) is 0 Å². The maximum Gasteiger partial charge on any atom is 0.192 e. The molecule has 0 saturated carbocycles. The van der Waals surface area contributed by atoms with Gasteiger partial charge in [0, 0.05) is 38.6 Å². The Morgan fingerprint density at radius 2 is 2.37 bits per heavy atom. The van der Waals surface area contributed by atoms with Crippen molar-refractivity contribution in [3.63, 3.8) is 0 Å². The SMILES string of the molecule is Cc1nc2ccc(C(N)C3CNCCN3C)cc2o1. The summed E-state index contributed by atoms with van der Waals surface area (Å²) in [4.78, 5) is 6.63. The van der Waals surface area contributed by atoms with Crippen molar-refractivity contribution in [3.05, 3.63) is 29.7 Å². The minimum absolute atomic E-state index is 0.0207. The number of nitrogens with zero attached hydrogens (tertiary/aromatic N) is 2. The molecule has 5 heteroatoms. The fourth-order valence-electron chi connectivity index (χ4n) is 2.71. The molecule has 1 aromatic carbocycles. The molecule has 2 heterocycles. The van der Waals surface area contributed by atoms with Gasteiger partial charge in [0.2, 0.25) is 0 Å². The van der Waals surface area contributed by atoms with Gasteiger partial charge in [0.05, 0.1) is 0 Å². The van der Waals surface area contributed by atoms with E-state index in [0.29, 0.717) is 11.9 Å². The van der Waals surface area contributed by atoms with Gasteiger partial charge in [-0.3, -0.25) is 4.90 Å². The maximum absolute atomic E-state index is 6.41. The first-order valence-electron chi connectivity index (χ1n) is 6.69. The van der Waals surface area contributed by atoms with Crippen LogP contribution in [0.2, 0.25) is 0 Å². The molecule has 0 radical (unpaired) electrons. The molecule has 1 saturated heterocycles. The number of benzene rings is 1. The zero-order valence-electron chi connectivity index (χ0n) is 11.4. The van der Waals surface area contributed by atoms with E-state index in [9.17, 15) is 0 Å². The normalized spacial score (nSPS) is 22.8. The van der Waals surface area contributed by atoms with E-state index in [1.54, 1.807) is 0 Å². The molecule has 2 unspecified atom stereocenters. The third kappa shape index (κ3) is 2.36. The number of nitrogens with two attached hydrogens (primary N) is 1. The van der Waals surface area contributed by atoms with Crippen LogP contribution in [0.15, 0.2) is 22.6 Å². The minimum Gasteiger partial charge on any atom is -0.441 e. The highest BCUT2D eigenvalue weighted by Gasteiger charge is 2.26. The highest BCUT2D eigenvalue weighted by atomic mass is 16.3. The number of hydrogen-bond acceptors (Lipinski definition) is 5. The van der Waals surface area contributed by atoms with E-state index >= 15 is 0 Å². The van der Waals surface area contributed by atoms with Gasteiger partial charge in [-0.05, 0) is 24.7 Å². The summed E-state index contributed by atoms with van der Waals surface area (Å²) in [5, 5.41) is 3.40. The lowest BCUT2D eigenvalue weighted by atomic mass is 9.97. The molecule has 2 aromatic rings. The minimum atomic E-state index is -0.0207. The Bertz CT molecular complexity index is 580. The number of piperazine rings is 1. The van der Waals surface area contributed by atoms with Crippen molar-refractivity contribution in [1.82, 2.24) is 15.2 Å². The number of fused-ring (bicyclic) bond motifs is 1. The zero-order chi connectivity index (χ0) is 13.4. The molecule has 3 rings (SSSR count). The molecule has 0 bridgehead atoms. The number of hydrogen-bond donors (Lipinski definition) is 2. The van der Waals surface area contributed by atoms with E-state index in [-0.39, 0.29) is 6.04 Å². The van der Waals surface area contributed by atoms with Gasteiger partial charge in [-0.1, -0.05) is 6.07 Å². The first kappa shape index (κ1) is 12.6. The standard InChI is InChI=1S/C14H20N4O/c1-9-17-11-4-3-10(7-13(11)19-9)14(15)12-8-16-5-6-18(12)2/h3-4,7,12,14,16H,5-6,8,15H2,1-2H3. The van der Waals surface area contributed by atoms with Crippen molar-refractivity contribution < 1.29 is 4.42 Å². The van der Waals surface area contributed by atoms with E-state index in [0.717, 1.165) is 36.3 Å². The predicted molar refractivity (Wildman–Crippen MR) is 75.0 cm³/mol. The molecule has 3 N–H and O–H groups in total. The molecule has 1 aliphatic heterocycles. The van der Waals surface area contributed by atoms with Crippen molar-refractivity contribution >= 4 is 11.1 Å². The number of aryl methyl sites for hydroxylation is 1. The predicted octanol–water partition coefficient (Wildman–Crippen LogP) is 1.04. The van der Waals surface area contributed by atoms with Gasteiger partial charge in [-0.25, -0.2) is 4.98 Å². The summed E-state index contributed by atoms with van der Waals surface area (Å²) >= 11 is 0. The van der Waals surface area contributed by atoms with Gasteiger partial charge < -0.3 is 15.5 Å². The van der Waals surface area contributed by atoms with Crippen molar-refractivity contribution in [2.24, 2.45) is 5.73 Å². The van der Waals surface area contributed by atoms with Crippen molar-refractivity contribution in [2.45, 2.75) is 19.0 Å². The van der Waals surface area contributed by atoms with E-state index in [1.165, 1.54) is 0 Å². The first-order valence-corrected chi connectivity index (χ1v) is 6.69. The Kier molecular flexibility index (Phi) is 3.26. The van der Waals surface area contributed by atoms with Crippen LogP contribution in [0.3, 0.4) is 0 Å². The fourth-order valence-corrected chi connectivity index (χ4v) is 2.71. The Morgan fingerprint density at radius 1 is 1.53 bits per heavy atom. The van der Waals surface area contributed by atoms with Gasteiger partial charge in [0.1, 0.15) is 5.52 Å². The summed E-state index contributed by atoms with van der Waals surface area (Å²) in [6, 6.07) is 6.35. The van der Waals surface area contributed by atoms with Crippen LogP contribution in [-0.2, 0) is 0 Å². The molecule has 19 heavy (non-hydrogen) atoms. The smallest absolute Gasteiger partial charge is 0.192 e. The molecule has 1 fully saturated rings. The number of aromatic nitrogens is 1. The number of nitrogens with one attached hydrogen (secondary N) is 1. The van der Waals surface area contributed by atoms with Crippen LogP contribution in [0.1, 0.15) is 17.5 Å². The van der Waals surface area contributed by atoms with Crippen LogP contribution in [0.5, 0.6) is 0 Å². The Morgan fingerprint density at radius 3 is 3.16 bits per heavy atom. The van der Waals surface area contributed by atoms with Crippen LogP contribution < -0.4 is 11.1 Å². The topological polar surface area (TPSA) is 67.3 Å². The van der Waals surface area contributed by atoms with Crippen LogP contribution in [0, 0.1) is 6.92 Å². The second-order valence-corrected chi connectivity index (χ2v) is 5.24. The van der Waals surface area contributed by atoms with E-state index in [4.69, 9.17) is 10.2 Å². The molecule has 1 aliphatic rings. The summed E-state index contributed by atoms with van der Waals surface area (Å²) in [6.07, 6.45) is 0. The van der Waals surface area contributed by atoms with Crippen molar-refractivity contribution in [2.75, 3.05) is 26.7 Å². The van der Waals surface area contributed by atoms with Crippen molar-refractivity contribution in [1.29, 1.82) is 0 Å². The second kappa shape index (κ2) is 4.92. The lowest BCUT2D eigenvalue weighted by Gasteiger charge is -2.37. The fraction of sp³-hybridized carbons (Fsp3) is 0.500. The van der Waals surface area contributed by atoms with Crippen LogP contribution in [0.4, 0.5) is 0 Å². The molecular weight excluding hydrogens is 240 g/mol. The first-order chi connectivity index (χ1) is 9.15. The van der Waals surface area contributed by atoms with Gasteiger partial charge in [0.15, 0.2) is 11.5 Å². The van der Waals surface area contributed by atoms with Gasteiger partial charge in [-0.2, -0.15) is 0 Å². The molecule has 5 nitrogen and oxygen atoms in total. The van der Waals surface area contributed by atoms with E-state index in [2.05, 4.69) is 28.3 Å². The summed E-state index contributed by atoms with van der Waals surface area (Å²) in [6.45, 7) is 4.84. The highest BCUT2D eigenvalue weighted by molar-refractivity contribution is 5.73. The largest absolute Gasteiger partial charge is 0.441 e. The van der Waals surface area contributed by atoms with Gasteiger partial charge in [-0.15, -0.1) is 0 Å². The lowest BCUT2D eigenvalue weighted by molar-refractivity contribution is 0.174. The molecule has 0 amide bonds. The third-order valence-electron chi connectivity index (χ3n) is 3.88. The van der Waals surface area contributed by atoms with Gasteiger partial charge >= 0.3 is 0 Å². The Labute approximate surface area is 112 Å². The van der Waals surface area contributed by atoms with Crippen LogP contribution in [-0.4, -0.2) is 42.6 Å². The summed E-state index contributed by atoms with van der Waals surface area (Å²) in [5.41, 5.74) is 9.22. The average Bonchev–Trinajstić information content (AvgIpc) is 2.77. The summed E-state index contributed by atoms with van der Waals surface area (Å²) in [5.74, 6) is 0.692. The maximum atomic E-state index is 6.41. The monoisotopic (exact) mass is 260 g/mol. The summed E-state index contributed by atoms with van der Waals surface area (Å²) in [7, 11) is 2.13. The van der Waals surface area contributed by atoms with Crippen LogP contribution >= 0.6 is 0 Å². The van der Waals surface area contributed by atoms with E-state index < -0.39 is 0 Å². The number of likely N-dealkylation sites (N-methyl/N-ethyl adjacent to an activating group) is 1. The number of rotatable bonds is 2. The highest BCUT2D eigenvalue weighted by Crippen LogP contribution is 2.23. The molecule has 102 valence electrons. The lowest BCUT2D eigenvalue weighted by Crippen LogP contribution is -2.53. The van der Waals surface area contributed by atoms with E-state index in [1.807, 2.05) is 19.1 Å². The van der Waals surface area contributed by atoms with Gasteiger partial charge in [0.25, 0.3) is 0 Å². The molecular formula is C14H20N4O. The third-order valence-corrected chi connectivity index (χ3v) is 3.88. The number of oxazole rings is 1. The zero-order valence-corrected chi connectivity index (χ0v) is 11.4. The molecule has 0 spiro atoms. The van der Waals surface area contributed by atoms with Crippen LogP contribution in [0.25, 0.3) is 11.1 Å². The summed E-state index contributed by atoms with van der Waals surface area (Å²) < 4.78 is 5.58. The Hall–Kier alpha value is -1.43. The molecule has 2 atom stereocenters.